The van der Waals surface area contributed by atoms with E-state index in [1.54, 1.807) is 30.3 Å². The molecule has 3 nitrogen and oxygen atoms in total. The van der Waals surface area contributed by atoms with Gasteiger partial charge in [-0.2, -0.15) is 5.26 Å². The van der Waals surface area contributed by atoms with Gasteiger partial charge in [0.2, 0.25) is 5.91 Å². The van der Waals surface area contributed by atoms with Gasteiger partial charge in [0.1, 0.15) is 0 Å². The van der Waals surface area contributed by atoms with E-state index in [1.165, 1.54) is 6.92 Å². The fourth-order valence-corrected chi connectivity index (χ4v) is 0.740. The highest BCUT2D eigenvalue weighted by atomic mass is 35.5. The highest BCUT2D eigenvalue weighted by Crippen LogP contribution is 2.08. The number of nitrogens with two attached hydrogens (primary N) is 1. The SMILES string of the molecule is CC#N.NC(=O)c1ccc(Cl)cc1. The fourth-order valence-electron chi connectivity index (χ4n) is 0.614. The Balaban J connectivity index is 0.000000424. The molecule has 0 spiro atoms. The molecule has 0 radical (unpaired) electrons. The van der Waals surface area contributed by atoms with Crippen molar-refractivity contribution in [2.45, 2.75) is 6.92 Å². The monoisotopic (exact) mass is 196 g/mol. The Bertz CT molecular complexity index is 313. The first-order valence-corrected chi connectivity index (χ1v) is 3.85. The molecule has 1 amide bonds. The molecule has 68 valence electrons. The summed E-state index contributed by atoms with van der Waals surface area (Å²) in [6.07, 6.45) is 0. The zero-order valence-electron chi connectivity index (χ0n) is 7.12. The Morgan fingerprint density at radius 3 is 2.15 bits per heavy atom. The van der Waals surface area contributed by atoms with Crippen LogP contribution in [0.4, 0.5) is 0 Å². The number of amides is 1. The van der Waals surface area contributed by atoms with Crippen LogP contribution >= 0.6 is 11.6 Å². The number of nitrogens with zero attached hydrogens (tertiary/aromatic N) is 1. The van der Waals surface area contributed by atoms with Crippen LogP contribution in [0.1, 0.15) is 17.3 Å². The van der Waals surface area contributed by atoms with Crippen LogP contribution in [-0.4, -0.2) is 5.91 Å². The Morgan fingerprint density at radius 2 is 1.85 bits per heavy atom. The summed E-state index contributed by atoms with van der Waals surface area (Å²) >= 11 is 5.56. The van der Waals surface area contributed by atoms with Gasteiger partial charge in [-0.3, -0.25) is 4.79 Å². The summed E-state index contributed by atoms with van der Waals surface area (Å²) in [5, 5.41) is 7.92. The first-order chi connectivity index (χ1) is 6.11. The van der Waals surface area contributed by atoms with Crippen LogP contribution in [-0.2, 0) is 0 Å². The number of carbonyl (C=O) groups excluding carboxylic acids is 1. The topological polar surface area (TPSA) is 66.9 Å². The van der Waals surface area contributed by atoms with Crippen LogP contribution in [0, 0.1) is 11.3 Å². The predicted octanol–water partition coefficient (Wildman–Crippen LogP) is 1.97. The van der Waals surface area contributed by atoms with Crippen molar-refractivity contribution in [3.05, 3.63) is 34.9 Å². The number of nitriles is 1. The summed E-state index contributed by atoms with van der Waals surface area (Å²) in [7, 11) is 0. The van der Waals surface area contributed by atoms with Crippen molar-refractivity contribution in [2.24, 2.45) is 5.73 Å². The molecule has 1 aromatic rings. The summed E-state index contributed by atoms with van der Waals surface area (Å²) in [5.74, 6) is -0.434. The summed E-state index contributed by atoms with van der Waals surface area (Å²) < 4.78 is 0. The normalized spacial score (nSPS) is 7.77. The molecular weight excluding hydrogens is 188 g/mol. The molecule has 13 heavy (non-hydrogen) atoms. The van der Waals surface area contributed by atoms with Crippen LogP contribution in [0.15, 0.2) is 24.3 Å². The highest BCUT2D eigenvalue weighted by molar-refractivity contribution is 6.30. The van der Waals surface area contributed by atoms with Gasteiger partial charge >= 0.3 is 0 Å². The minimum absolute atomic E-state index is 0.434. The van der Waals surface area contributed by atoms with Gasteiger partial charge in [-0.25, -0.2) is 0 Å². The van der Waals surface area contributed by atoms with Gasteiger partial charge in [0, 0.05) is 17.5 Å². The zero-order valence-corrected chi connectivity index (χ0v) is 7.88. The Labute approximate surface area is 81.7 Å². The first-order valence-electron chi connectivity index (χ1n) is 3.48. The molecule has 1 aromatic carbocycles. The van der Waals surface area contributed by atoms with E-state index in [9.17, 15) is 4.79 Å². The third kappa shape index (κ3) is 4.83. The maximum atomic E-state index is 10.5. The van der Waals surface area contributed by atoms with Gasteiger partial charge in [0.05, 0.1) is 6.07 Å². The van der Waals surface area contributed by atoms with E-state index >= 15 is 0 Å². The molecule has 0 bridgehead atoms. The molecular formula is C9H9ClN2O. The second-order valence-electron chi connectivity index (χ2n) is 2.09. The molecule has 0 saturated carbocycles. The summed E-state index contributed by atoms with van der Waals surface area (Å²) in [5.41, 5.74) is 5.46. The molecule has 0 aliphatic heterocycles. The highest BCUT2D eigenvalue weighted by Gasteiger charge is 1.96. The smallest absolute Gasteiger partial charge is 0.248 e. The lowest BCUT2D eigenvalue weighted by Crippen LogP contribution is -2.10. The number of hydrogen-bond donors (Lipinski definition) is 1. The Hall–Kier alpha value is -1.53. The third-order valence-electron chi connectivity index (χ3n) is 1.13. The van der Waals surface area contributed by atoms with E-state index in [2.05, 4.69) is 0 Å². The quantitative estimate of drug-likeness (QED) is 0.746. The van der Waals surface area contributed by atoms with Crippen LogP contribution in [0.5, 0.6) is 0 Å². The molecule has 0 atom stereocenters. The van der Waals surface area contributed by atoms with Gasteiger partial charge in [-0.1, -0.05) is 11.6 Å². The number of hydrogen-bond acceptors (Lipinski definition) is 2. The third-order valence-corrected chi connectivity index (χ3v) is 1.38. The number of benzene rings is 1. The molecule has 0 aliphatic carbocycles. The fraction of sp³-hybridized carbons (Fsp3) is 0.111. The van der Waals surface area contributed by atoms with Crippen LogP contribution in [0.25, 0.3) is 0 Å². The predicted molar refractivity (Wildman–Crippen MR) is 51.3 cm³/mol. The first kappa shape index (κ1) is 11.5. The molecule has 0 aromatic heterocycles. The largest absolute Gasteiger partial charge is 0.366 e. The molecule has 4 heteroatoms. The van der Waals surface area contributed by atoms with E-state index < -0.39 is 5.91 Å². The zero-order chi connectivity index (χ0) is 10.3. The average molecular weight is 197 g/mol. The van der Waals surface area contributed by atoms with Crippen molar-refractivity contribution in [1.82, 2.24) is 0 Å². The number of rotatable bonds is 1. The molecule has 1 rings (SSSR count). The lowest BCUT2D eigenvalue weighted by molar-refractivity contribution is 0.100. The lowest BCUT2D eigenvalue weighted by Gasteiger charge is -1.92. The van der Waals surface area contributed by atoms with Crippen molar-refractivity contribution < 1.29 is 4.79 Å². The van der Waals surface area contributed by atoms with E-state index in [1.807, 2.05) is 0 Å². The van der Waals surface area contributed by atoms with Crippen LogP contribution in [0.3, 0.4) is 0 Å². The van der Waals surface area contributed by atoms with Gasteiger partial charge in [0.15, 0.2) is 0 Å². The van der Waals surface area contributed by atoms with Crippen molar-refractivity contribution in [1.29, 1.82) is 5.26 Å². The molecule has 0 heterocycles. The van der Waals surface area contributed by atoms with Gasteiger partial charge in [-0.05, 0) is 24.3 Å². The number of carbonyl (C=O) groups is 1. The van der Waals surface area contributed by atoms with E-state index in [0.29, 0.717) is 10.6 Å². The average Bonchev–Trinajstić information content (AvgIpc) is 2.06. The van der Waals surface area contributed by atoms with Crippen molar-refractivity contribution in [2.75, 3.05) is 0 Å². The van der Waals surface area contributed by atoms with Gasteiger partial charge < -0.3 is 5.73 Å². The van der Waals surface area contributed by atoms with Crippen LogP contribution in [0.2, 0.25) is 5.02 Å². The molecule has 0 aliphatic rings. The van der Waals surface area contributed by atoms with E-state index in [-0.39, 0.29) is 0 Å². The van der Waals surface area contributed by atoms with Gasteiger partial charge in [0.25, 0.3) is 0 Å². The summed E-state index contributed by atoms with van der Waals surface area (Å²) in [4.78, 5) is 10.5. The molecule has 0 unspecified atom stereocenters. The maximum absolute atomic E-state index is 10.5. The van der Waals surface area contributed by atoms with Gasteiger partial charge in [-0.15, -0.1) is 0 Å². The molecule has 0 fully saturated rings. The Kier molecular flexibility index (Phi) is 5.33. The minimum atomic E-state index is -0.434. The maximum Gasteiger partial charge on any atom is 0.248 e. The van der Waals surface area contributed by atoms with Crippen molar-refractivity contribution >= 4 is 17.5 Å². The van der Waals surface area contributed by atoms with Crippen molar-refractivity contribution in [3.8, 4) is 6.07 Å². The molecule has 0 saturated heterocycles. The second-order valence-corrected chi connectivity index (χ2v) is 2.53. The standard InChI is InChI=1S/C7H6ClNO.C2H3N/c8-6-3-1-5(2-4-6)7(9)10;1-2-3/h1-4H,(H2,9,10);1H3. The minimum Gasteiger partial charge on any atom is -0.366 e. The summed E-state index contributed by atoms with van der Waals surface area (Å²) in [6.45, 7) is 1.43. The summed E-state index contributed by atoms with van der Waals surface area (Å²) in [6, 6.07) is 8.18. The van der Waals surface area contributed by atoms with Crippen molar-refractivity contribution in [3.63, 3.8) is 0 Å². The molecule has 2 N–H and O–H groups in total. The number of halogens is 1. The van der Waals surface area contributed by atoms with Crippen LogP contribution < -0.4 is 5.73 Å². The lowest BCUT2D eigenvalue weighted by atomic mass is 10.2. The van der Waals surface area contributed by atoms with E-state index in [0.717, 1.165) is 0 Å². The second kappa shape index (κ2) is 6.04. The number of primary amides is 1. The Morgan fingerprint density at radius 1 is 1.46 bits per heavy atom. The van der Waals surface area contributed by atoms with E-state index in [4.69, 9.17) is 22.6 Å².